The van der Waals surface area contributed by atoms with Crippen LogP contribution in [0.15, 0.2) is 42.5 Å². The number of aryl methyl sites for hydroxylation is 2. The van der Waals surface area contributed by atoms with Crippen LogP contribution < -0.4 is 14.2 Å². The van der Waals surface area contributed by atoms with Crippen LogP contribution in [0.5, 0.6) is 17.2 Å². The van der Waals surface area contributed by atoms with Crippen molar-refractivity contribution < 1.29 is 23.0 Å². The van der Waals surface area contributed by atoms with Gasteiger partial charge in [0.2, 0.25) is 0 Å². The molecule has 0 aromatic heterocycles. The molecule has 0 amide bonds. The Morgan fingerprint density at radius 2 is 1.44 bits per heavy atom. The molecule has 3 aromatic carbocycles. The van der Waals surface area contributed by atoms with Crippen LogP contribution in [0.4, 0.5) is 8.78 Å². The van der Waals surface area contributed by atoms with E-state index in [0.717, 1.165) is 28.2 Å². The highest BCUT2D eigenvalue weighted by Gasteiger charge is 2.13. The summed E-state index contributed by atoms with van der Waals surface area (Å²) in [4.78, 5) is 0. The Kier molecular flexibility index (Phi) is 5.79. The molecule has 142 valence electrons. The second kappa shape index (κ2) is 8.25. The van der Waals surface area contributed by atoms with Gasteiger partial charge < -0.3 is 14.2 Å². The molecule has 0 radical (unpaired) electrons. The Balaban J connectivity index is 1.91. The lowest BCUT2D eigenvalue weighted by molar-refractivity contribution is 0.356. The lowest BCUT2D eigenvalue weighted by atomic mass is 9.97. The van der Waals surface area contributed by atoms with Crippen LogP contribution in [0.1, 0.15) is 17.5 Å². The molecule has 3 aromatic rings. The first-order chi connectivity index (χ1) is 13.1. The fourth-order valence-electron chi connectivity index (χ4n) is 3.32. The molecule has 3 nitrogen and oxygen atoms in total. The summed E-state index contributed by atoms with van der Waals surface area (Å²) in [6.45, 7) is 0. The largest absolute Gasteiger partial charge is 0.496 e. The Morgan fingerprint density at radius 3 is 2.11 bits per heavy atom. The van der Waals surface area contributed by atoms with Gasteiger partial charge in [-0.2, -0.15) is 0 Å². The molecule has 0 aliphatic heterocycles. The first-order valence-electron chi connectivity index (χ1n) is 8.73. The van der Waals surface area contributed by atoms with Gasteiger partial charge in [0.05, 0.1) is 21.3 Å². The van der Waals surface area contributed by atoms with E-state index in [9.17, 15) is 8.78 Å². The van der Waals surface area contributed by atoms with Gasteiger partial charge in [-0.3, -0.25) is 0 Å². The van der Waals surface area contributed by atoms with Crippen molar-refractivity contribution in [1.82, 2.24) is 0 Å². The summed E-state index contributed by atoms with van der Waals surface area (Å²) in [6.07, 6.45) is 1.90. The van der Waals surface area contributed by atoms with Crippen LogP contribution >= 0.6 is 0 Å². The molecular weight excluding hydrogens is 350 g/mol. The lowest BCUT2D eigenvalue weighted by Gasteiger charge is -2.15. The maximum atomic E-state index is 13.9. The molecule has 0 bridgehead atoms. The minimum Gasteiger partial charge on any atom is -0.496 e. The van der Waals surface area contributed by atoms with Crippen molar-refractivity contribution in [2.75, 3.05) is 21.3 Å². The van der Waals surface area contributed by atoms with Crippen molar-refractivity contribution in [2.24, 2.45) is 0 Å². The lowest BCUT2D eigenvalue weighted by Crippen LogP contribution is -1.99. The molecule has 0 unspecified atom stereocenters. The Labute approximate surface area is 157 Å². The van der Waals surface area contributed by atoms with E-state index in [2.05, 4.69) is 0 Å². The predicted molar refractivity (Wildman–Crippen MR) is 102 cm³/mol. The molecule has 27 heavy (non-hydrogen) atoms. The van der Waals surface area contributed by atoms with Gasteiger partial charge in [-0.15, -0.1) is 0 Å². The Hall–Kier alpha value is -2.82. The normalized spacial score (nSPS) is 10.9. The second-order valence-electron chi connectivity index (χ2n) is 6.26. The second-order valence-corrected chi connectivity index (χ2v) is 6.26. The van der Waals surface area contributed by atoms with E-state index in [-0.39, 0.29) is 0 Å². The molecule has 0 N–H and O–H groups in total. The summed E-state index contributed by atoms with van der Waals surface area (Å²) in [5, 5.41) is 2.02. The van der Waals surface area contributed by atoms with Crippen molar-refractivity contribution in [3.8, 4) is 17.2 Å². The average Bonchev–Trinajstić information content (AvgIpc) is 2.68. The number of ether oxygens (including phenoxy) is 3. The molecule has 0 atom stereocenters. The van der Waals surface area contributed by atoms with Gasteiger partial charge >= 0.3 is 0 Å². The summed E-state index contributed by atoms with van der Waals surface area (Å²) < 4.78 is 43.3. The SMILES string of the molecule is COc1cc2ccc(OC)c(CCCc3ccc(F)cc3F)c2cc1OC. The van der Waals surface area contributed by atoms with Crippen molar-refractivity contribution in [3.05, 3.63) is 65.2 Å². The van der Waals surface area contributed by atoms with Crippen molar-refractivity contribution in [1.29, 1.82) is 0 Å². The molecule has 0 saturated heterocycles. The van der Waals surface area contributed by atoms with Crippen LogP contribution in [-0.2, 0) is 12.8 Å². The van der Waals surface area contributed by atoms with Gasteiger partial charge in [0.1, 0.15) is 17.4 Å². The summed E-state index contributed by atoms with van der Waals surface area (Å²) in [5.41, 5.74) is 1.54. The van der Waals surface area contributed by atoms with Gasteiger partial charge in [-0.25, -0.2) is 8.78 Å². The fraction of sp³-hybridized carbons (Fsp3) is 0.273. The zero-order chi connectivity index (χ0) is 19.4. The van der Waals surface area contributed by atoms with E-state index >= 15 is 0 Å². The Bertz CT molecular complexity index is 954. The number of halogens is 2. The van der Waals surface area contributed by atoms with Crippen LogP contribution in [-0.4, -0.2) is 21.3 Å². The van der Waals surface area contributed by atoms with Crippen molar-refractivity contribution in [2.45, 2.75) is 19.3 Å². The fourth-order valence-corrected chi connectivity index (χ4v) is 3.32. The third-order valence-electron chi connectivity index (χ3n) is 4.70. The van der Waals surface area contributed by atoms with E-state index in [0.29, 0.717) is 36.3 Å². The van der Waals surface area contributed by atoms with Gasteiger partial charge in [-0.1, -0.05) is 12.1 Å². The highest BCUT2D eigenvalue weighted by molar-refractivity contribution is 5.90. The number of benzene rings is 3. The number of hydrogen-bond donors (Lipinski definition) is 0. The van der Waals surface area contributed by atoms with E-state index in [1.165, 1.54) is 12.1 Å². The average molecular weight is 372 g/mol. The molecule has 0 heterocycles. The first-order valence-corrected chi connectivity index (χ1v) is 8.73. The minimum atomic E-state index is -0.562. The number of fused-ring (bicyclic) bond motifs is 1. The van der Waals surface area contributed by atoms with Gasteiger partial charge in [0.15, 0.2) is 11.5 Å². The van der Waals surface area contributed by atoms with Gasteiger partial charge in [0, 0.05) is 11.6 Å². The van der Waals surface area contributed by atoms with E-state index in [1.54, 1.807) is 21.3 Å². The zero-order valence-electron chi connectivity index (χ0n) is 15.6. The predicted octanol–water partition coefficient (Wildman–Crippen LogP) is 5.32. The third-order valence-corrected chi connectivity index (χ3v) is 4.70. The number of hydrogen-bond acceptors (Lipinski definition) is 3. The van der Waals surface area contributed by atoms with Crippen molar-refractivity contribution >= 4 is 10.8 Å². The topological polar surface area (TPSA) is 27.7 Å². The van der Waals surface area contributed by atoms with Crippen LogP contribution in [0, 0.1) is 11.6 Å². The zero-order valence-corrected chi connectivity index (χ0v) is 15.6. The standard InChI is InChI=1S/C22H22F2O3/c1-25-20-10-8-15-11-21(26-2)22(27-3)13-18(15)17(20)6-4-5-14-7-9-16(23)12-19(14)24/h7-13H,4-6H2,1-3H3. The smallest absolute Gasteiger partial charge is 0.161 e. The molecule has 0 spiro atoms. The highest BCUT2D eigenvalue weighted by Crippen LogP contribution is 2.37. The Morgan fingerprint density at radius 1 is 0.741 bits per heavy atom. The van der Waals surface area contributed by atoms with Crippen LogP contribution in [0.3, 0.4) is 0 Å². The first kappa shape index (κ1) is 19.0. The molecule has 0 aliphatic carbocycles. The number of methoxy groups -OCH3 is 3. The maximum absolute atomic E-state index is 13.9. The molecule has 0 saturated carbocycles. The minimum absolute atomic E-state index is 0.508. The molecular formula is C22H22F2O3. The quantitative estimate of drug-likeness (QED) is 0.562. The maximum Gasteiger partial charge on any atom is 0.161 e. The molecule has 0 fully saturated rings. The molecule has 3 rings (SSSR count). The summed E-state index contributed by atoms with van der Waals surface area (Å²) in [7, 11) is 4.83. The summed E-state index contributed by atoms with van der Waals surface area (Å²) >= 11 is 0. The monoisotopic (exact) mass is 372 g/mol. The van der Waals surface area contributed by atoms with E-state index in [4.69, 9.17) is 14.2 Å². The number of rotatable bonds is 7. The molecule has 5 heteroatoms. The van der Waals surface area contributed by atoms with Gasteiger partial charge in [0.25, 0.3) is 0 Å². The van der Waals surface area contributed by atoms with Crippen LogP contribution in [0.25, 0.3) is 10.8 Å². The highest BCUT2D eigenvalue weighted by atomic mass is 19.1. The van der Waals surface area contributed by atoms with Gasteiger partial charge in [-0.05, 0) is 59.9 Å². The van der Waals surface area contributed by atoms with E-state index < -0.39 is 11.6 Å². The van der Waals surface area contributed by atoms with Crippen LogP contribution in [0.2, 0.25) is 0 Å². The summed E-state index contributed by atoms with van der Waals surface area (Å²) in [5.74, 6) is 1.01. The van der Waals surface area contributed by atoms with Crippen molar-refractivity contribution in [3.63, 3.8) is 0 Å². The molecule has 0 aliphatic rings. The third kappa shape index (κ3) is 3.97. The van der Waals surface area contributed by atoms with E-state index in [1.807, 2.05) is 24.3 Å². The summed E-state index contributed by atoms with van der Waals surface area (Å²) in [6, 6.07) is 11.5.